The van der Waals surface area contributed by atoms with Gasteiger partial charge >= 0.3 is 0 Å². The first-order chi connectivity index (χ1) is 14.9. The summed E-state index contributed by atoms with van der Waals surface area (Å²) in [5.74, 6) is 0. The lowest BCUT2D eigenvalue weighted by Crippen LogP contribution is -1.86. The molecular formula is C23H15N7. The summed E-state index contributed by atoms with van der Waals surface area (Å²) < 4.78 is 0. The van der Waals surface area contributed by atoms with E-state index in [0.717, 1.165) is 56.0 Å². The number of nitrogens with one attached hydrogen (secondary N) is 2. The lowest BCUT2D eigenvalue weighted by Gasteiger charge is -2.01. The highest BCUT2D eigenvalue weighted by Crippen LogP contribution is 2.32. The number of rotatable bonds is 3. The molecule has 6 aromatic heterocycles. The number of nitrogens with zero attached hydrogens (tertiary/aromatic N) is 5. The van der Waals surface area contributed by atoms with Gasteiger partial charge in [0, 0.05) is 41.3 Å². The summed E-state index contributed by atoms with van der Waals surface area (Å²) in [6, 6.07) is 17.8. The van der Waals surface area contributed by atoms with E-state index in [2.05, 4.69) is 36.2 Å². The van der Waals surface area contributed by atoms with E-state index in [1.54, 1.807) is 24.8 Å². The van der Waals surface area contributed by atoms with Crippen LogP contribution in [-0.4, -0.2) is 35.1 Å². The minimum atomic E-state index is 0.755. The standard InChI is InChI=1S/C23H15N7/c1-2-9-25-18(3-1)15-8-12-26-23-16(15)13-20(28-23)22-21-19(29-30-22)5-4-17(27-21)14-6-10-24-11-7-14/h1-13H,(H,26,28)(H,29,30). The summed E-state index contributed by atoms with van der Waals surface area (Å²) >= 11 is 0. The molecule has 0 radical (unpaired) electrons. The van der Waals surface area contributed by atoms with E-state index in [4.69, 9.17) is 4.98 Å². The molecule has 142 valence electrons. The van der Waals surface area contributed by atoms with Crippen LogP contribution >= 0.6 is 0 Å². The number of H-pyrrole nitrogens is 2. The Kier molecular flexibility index (Phi) is 3.64. The van der Waals surface area contributed by atoms with E-state index < -0.39 is 0 Å². The average Bonchev–Trinajstić information content (AvgIpc) is 3.43. The third kappa shape index (κ3) is 2.64. The van der Waals surface area contributed by atoms with Gasteiger partial charge in [0.25, 0.3) is 0 Å². The molecule has 0 saturated heterocycles. The Morgan fingerprint density at radius 1 is 0.767 bits per heavy atom. The Morgan fingerprint density at radius 2 is 1.70 bits per heavy atom. The number of pyridine rings is 4. The summed E-state index contributed by atoms with van der Waals surface area (Å²) in [5.41, 5.74) is 7.88. The zero-order valence-corrected chi connectivity index (χ0v) is 15.7. The van der Waals surface area contributed by atoms with Crippen LogP contribution in [0.15, 0.2) is 79.4 Å². The Morgan fingerprint density at radius 3 is 2.57 bits per heavy atom. The maximum Gasteiger partial charge on any atom is 0.138 e. The van der Waals surface area contributed by atoms with Gasteiger partial charge in [-0.25, -0.2) is 9.97 Å². The molecule has 0 aliphatic heterocycles. The molecule has 0 atom stereocenters. The van der Waals surface area contributed by atoms with Crippen molar-refractivity contribution in [3.8, 4) is 33.9 Å². The van der Waals surface area contributed by atoms with Gasteiger partial charge in [-0.2, -0.15) is 5.10 Å². The minimum Gasteiger partial charge on any atom is -0.338 e. The maximum atomic E-state index is 4.86. The molecule has 2 N–H and O–H groups in total. The number of fused-ring (bicyclic) bond motifs is 2. The van der Waals surface area contributed by atoms with Gasteiger partial charge in [0.15, 0.2) is 0 Å². The topological polar surface area (TPSA) is 96.0 Å². The Balaban J connectivity index is 1.52. The molecule has 0 spiro atoms. The fraction of sp³-hybridized carbons (Fsp3) is 0. The quantitative estimate of drug-likeness (QED) is 0.460. The van der Waals surface area contributed by atoms with E-state index >= 15 is 0 Å². The fourth-order valence-corrected chi connectivity index (χ4v) is 3.67. The Hall–Kier alpha value is -4.39. The van der Waals surface area contributed by atoms with Crippen LogP contribution in [0.2, 0.25) is 0 Å². The van der Waals surface area contributed by atoms with Gasteiger partial charge < -0.3 is 4.98 Å². The predicted octanol–water partition coefficient (Wildman–Crippen LogP) is 4.63. The van der Waals surface area contributed by atoms with Crippen molar-refractivity contribution < 1.29 is 0 Å². The lowest BCUT2D eigenvalue weighted by atomic mass is 10.1. The van der Waals surface area contributed by atoms with Crippen molar-refractivity contribution in [1.29, 1.82) is 0 Å². The van der Waals surface area contributed by atoms with Crippen molar-refractivity contribution in [3.05, 3.63) is 79.4 Å². The van der Waals surface area contributed by atoms with Crippen molar-refractivity contribution in [2.75, 3.05) is 0 Å². The van der Waals surface area contributed by atoms with Crippen LogP contribution in [0.3, 0.4) is 0 Å². The molecular weight excluding hydrogens is 374 g/mol. The fourth-order valence-electron chi connectivity index (χ4n) is 3.67. The molecule has 0 amide bonds. The number of hydrogen-bond acceptors (Lipinski definition) is 5. The molecule has 7 nitrogen and oxygen atoms in total. The van der Waals surface area contributed by atoms with E-state index in [1.165, 1.54) is 0 Å². The number of aromatic nitrogens is 7. The molecule has 0 bridgehead atoms. The van der Waals surface area contributed by atoms with E-state index in [9.17, 15) is 0 Å². The third-order valence-electron chi connectivity index (χ3n) is 5.11. The molecule has 0 unspecified atom stereocenters. The first-order valence-corrected chi connectivity index (χ1v) is 9.52. The third-order valence-corrected chi connectivity index (χ3v) is 5.11. The van der Waals surface area contributed by atoms with Crippen LogP contribution in [-0.2, 0) is 0 Å². The molecule has 0 saturated carbocycles. The first kappa shape index (κ1) is 16.6. The van der Waals surface area contributed by atoms with E-state index in [0.29, 0.717) is 0 Å². The maximum absolute atomic E-state index is 4.86. The molecule has 7 heteroatoms. The lowest BCUT2D eigenvalue weighted by molar-refractivity contribution is 1.12. The Labute approximate surface area is 170 Å². The van der Waals surface area contributed by atoms with Gasteiger partial charge in [-0.05, 0) is 48.5 Å². The first-order valence-electron chi connectivity index (χ1n) is 9.52. The summed E-state index contributed by atoms with van der Waals surface area (Å²) in [6.45, 7) is 0. The molecule has 6 aromatic rings. The smallest absolute Gasteiger partial charge is 0.138 e. The van der Waals surface area contributed by atoms with Crippen molar-refractivity contribution in [3.63, 3.8) is 0 Å². The van der Waals surface area contributed by atoms with Crippen molar-refractivity contribution in [2.24, 2.45) is 0 Å². The zero-order valence-electron chi connectivity index (χ0n) is 15.7. The number of aromatic amines is 2. The van der Waals surface area contributed by atoms with Crippen LogP contribution in [0.4, 0.5) is 0 Å². The predicted molar refractivity (Wildman–Crippen MR) is 115 cm³/mol. The normalized spacial score (nSPS) is 11.3. The summed E-state index contributed by atoms with van der Waals surface area (Å²) in [7, 11) is 0. The highest BCUT2D eigenvalue weighted by atomic mass is 15.1. The highest BCUT2D eigenvalue weighted by molar-refractivity contribution is 5.98. The van der Waals surface area contributed by atoms with E-state index in [1.807, 2.05) is 48.5 Å². The van der Waals surface area contributed by atoms with Crippen LogP contribution in [0.25, 0.3) is 56.0 Å². The molecule has 0 aliphatic rings. The van der Waals surface area contributed by atoms with E-state index in [-0.39, 0.29) is 0 Å². The van der Waals surface area contributed by atoms with Gasteiger partial charge in [-0.3, -0.25) is 15.1 Å². The van der Waals surface area contributed by atoms with Crippen LogP contribution in [0.1, 0.15) is 0 Å². The monoisotopic (exact) mass is 389 g/mol. The molecule has 6 rings (SSSR count). The van der Waals surface area contributed by atoms with Crippen molar-refractivity contribution >= 4 is 22.1 Å². The van der Waals surface area contributed by atoms with Crippen LogP contribution < -0.4 is 0 Å². The largest absolute Gasteiger partial charge is 0.338 e. The molecule has 30 heavy (non-hydrogen) atoms. The van der Waals surface area contributed by atoms with Crippen LogP contribution in [0.5, 0.6) is 0 Å². The minimum absolute atomic E-state index is 0.755. The van der Waals surface area contributed by atoms with Gasteiger partial charge in [0.2, 0.25) is 0 Å². The second-order valence-electron chi connectivity index (χ2n) is 6.92. The average molecular weight is 389 g/mol. The van der Waals surface area contributed by atoms with Gasteiger partial charge in [-0.15, -0.1) is 0 Å². The second-order valence-corrected chi connectivity index (χ2v) is 6.92. The number of hydrogen-bond donors (Lipinski definition) is 2. The summed E-state index contributed by atoms with van der Waals surface area (Å²) in [5, 5.41) is 8.60. The van der Waals surface area contributed by atoms with Crippen molar-refractivity contribution in [2.45, 2.75) is 0 Å². The molecule has 0 aromatic carbocycles. The summed E-state index contributed by atoms with van der Waals surface area (Å²) in [4.78, 5) is 21.3. The summed E-state index contributed by atoms with van der Waals surface area (Å²) in [6.07, 6.45) is 7.11. The van der Waals surface area contributed by atoms with Gasteiger partial charge in [-0.1, -0.05) is 6.07 Å². The SMILES string of the molecule is c1ccc(-c2ccnc3[nH]c(-c4n[nH]c5ccc(-c6ccncc6)nc45)cc23)nc1. The molecule has 0 fully saturated rings. The van der Waals surface area contributed by atoms with Gasteiger partial charge in [0.1, 0.15) is 16.9 Å². The molecule has 6 heterocycles. The Bertz CT molecular complexity index is 1480. The molecule has 0 aliphatic carbocycles. The second kappa shape index (κ2) is 6.59. The zero-order chi connectivity index (χ0) is 19.9. The van der Waals surface area contributed by atoms with Crippen LogP contribution in [0, 0.1) is 0 Å². The highest BCUT2D eigenvalue weighted by Gasteiger charge is 2.16. The van der Waals surface area contributed by atoms with Gasteiger partial charge in [0.05, 0.1) is 22.6 Å². The van der Waals surface area contributed by atoms with Crippen molar-refractivity contribution in [1.82, 2.24) is 35.1 Å².